The van der Waals surface area contributed by atoms with E-state index < -0.39 is 0 Å². The van der Waals surface area contributed by atoms with E-state index in [0.29, 0.717) is 48.0 Å². The molecule has 1 aromatic carbocycles. The van der Waals surface area contributed by atoms with Crippen molar-refractivity contribution >= 4 is 23.0 Å². The molecule has 2 aromatic rings. The molecule has 7 heteroatoms. The summed E-state index contributed by atoms with van der Waals surface area (Å²) < 4.78 is 11.7. The molecule has 0 saturated carbocycles. The second-order valence-corrected chi connectivity index (χ2v) is 8.92. The van der Waals surface area contributed by atoms with Crippen molar-refractivity contribution in [1.82, 2.24) is 15.6 Å². The van der Waals surface area contributed by atoms with Crippen LogP contribution in [-0.4, -0.2) is 54.3 Å². The highest BCUT2D eigenvalue weighted by Crippen LogP contribution is 2.30. The van der Waals surface area contributed by atoms with E-state index in [0.717, 1.165) is 12.8 Å². The molecular weight excluding hydrogens is 368 g/mol. The average Bonchev–Trinajstić information content (AvgIpc) is 3.11. The molecule has 7 nitrogen and oxygen atoms in total. The van der Waals surface area contributed by atoms with Crippen molar-refractivity contribution < 1.29 is 13.9 Å². The zero-order chi connectivity index (χ0) is 20.0. The fourth-order valence-electron chi connectivity index (χ4n) is 5.26. The van der Waals surface area contributed by atoms with Gasteiger partial charge in [0, 0.05) is 18.1 Å². The van der Waals surface area contributed by atoms with Gasteiger partial charge >= 0.3 is 0 Å². The van der Waals surface area contributed by atoms with E-state index >= 15 is 0 Å². The minimum atomic E-state index is -0.0523. The maximum atomic E-state index is 13.1. The number of nitrogens with zero attached hydrogens (tertiary/aromatic N) is 2. The molecule has 2 unspecified atom stereocenters. The van der Waals surface area contributed by atoms with Crippen molar-refractivity contribution in [2.24, 2.45) is 0 Å². The summed E-state index contributed by atoms with van der Waals surface area (Å²) in [7, 11) is 0. The zero-order valence-corrected chi connectivity index (χ0v) is 17.2. The summed E-state index contributed by atoms with van der Waals surface area (Å²) in [5.74, 6) is -0.0523. The van der Waals surface area contributed by atoms with E-state index in [1.54, 1.807) is 0 Å². The number of para-hydroxylation sites is 1. The Balaban J connectivity index is 1.38. The standard InChI is InChI=1S/C22H30N4O3/c1-13-11-28-12-14(2)26(13)22-25-20-18(7-4-8-19(20)29-22)21(27)24-17-9-15-5-3-6-16(10-17)23-15/h4,7-8,13-17,23H,3,5-6,9-12H2,1-2H3,(H,24,27)/t13-,14-,15?,16?,17?/m0/s1. The molecule has 4 atom stereocenters. The van der Waals surface area contributed by atoms with Gasteiger partial charge in [-0.1, -0.05) is 12.5 Å². The molecule has 5 rings (SSSR count). The van der Waals surface area contributed by atoms with E-state index in [1.165, 1.54) is 19.3 Å². The van der Waals surface area contributed by atoms with E-state index in [4.69, 9.17) is 14.1 Å². The number of aromatic nitrogens is 1. The summed E-state index contributed by atoms with van der Waals surface area (Å²) in [4.78, 5) is 20.0. The number of oxazole rings is 1. The van der Waals surface area contributed by atoms with Crippen LogP contribution in [0.5, 0.6) is 0 Å². The molecule has 0 aliphatic carbocycles. The number of carbonyl (C=O) groups excluding carboxylic acids is 1. The van der Waals surface area contributed by atoms with E-state index in [-0.39, 0.29) is 24.0 Å². The Labute approximate surface area is 171 Å². The molecule has 0 spiro atoms. The van der Waals surface area contributed by atoms with Gasteiger partial charge in [0.1, 0.15) is 5.52 Å². The van der Waals surface area contributed by atoms with Crippen LogP contribution in [0.4, 0.5) is 6.01 Å². The fraction of sp³-hybridized carbons (Fsp3) is 0.636. The van der Waals surface area contributed by atoms with Crippen molar-refractivity contribution in [3.05, 3.63) is 23.8 Å². The van der Waals surface area contributed by atoms with Gasteiger partial charge in [-0.25, -0.2) is 0 Å². The molecule has 1 amide bonds. The Bertz CT molecular complexity index is 875. The third-order valence-corrected chi connectivity index (χ3v) is 6.59. The predicted octanol–water partition coefficient (Wildman–Crippen LogP) is 2.84. The highest BCUT2D eigenvalue weighted by Gasteiger charge is 2.33. The first-order valence-corrected chi connectivity index (χ1v) is 10.9. The summed E-state index contributed by atoms with van der Waals surface area (Å²) in [6, 6.07) is 7.82. The van der Waals surface area contributed by atoms with Crippen molar-refractivity contribution in [3.63, 3.8) is 0 Å². The van der Waals surface area contributed by atoms with Crippen LogP contribution in [0.3, 0.4) is 0 Å². The lowest BCUT2D eigenvalue weighted by Gasteiger charge is -2.40. The lowest BCUT2D eigenvalue weighted by Crippen LogP contribution is -2.54. The summed E-state index contributed by atoms with van der Waals surface area (Å²) in [6.07, 6.45) is 5.72. The number of fused-ring (bicyclic) bond motifs is 3. The summed E-state index contributed by atoms with van der Waals surface area (Å²) in [5.41, 5.74) is 1.88. The van der Waals surface area contributed by atoms with Crippen LogP contribution in [0.15, 0.2) is 22.6 Å². The first-order valence-electron chi connectivity index (χ1n) is 10.9. The molecule has 3 saturated heterocycles. The van der Waals surface area contributed by atoms with Gasteiger partial charge < -0.3 is 24.7 Å². The molecule has 2 bridgehead atoms. The quantitative estimate of drug-likeness (QED) is 0.828. The Hall–Kier alpha value is -2.12. The predicted molar refractivity (Wildman–Crippen MR) is 111 cm³/mol. The third-order valence-electron chi connectivity index (χ3n) is 6.59. The van der Waals surface area contributed by atoms with Crippen LogP contribution in [0.25, 0.3) is 11.1 Å². The SMILES string of the molecule is C[C@H]1COC[C@H](C)N1c1nc2c(C(=O)NC3CC4CCCC(C3)N4)cccc2o1. The van der Waals surface area contributed by atoms with Gasteiger partial charge in [-0.3, -0.25) is 4.79 Å². The monoisotopic (exact) mass is 398 g/mol. The topological polar surface area (TPSA) is 79.6 Å². The number of hydrogen-bond acceptors (Lipinski definition) is 6. The smallest absolute Gasteiger partial charge is 0.299 e. The van der Waals surface area contributed by atoms with Gasteiger partial charge in [0.05, 0.1) is 30.9 Å². The Morgan fingerprint density at radius 3 is 2.62 bits per heavy atom. The van der Waals surface area contributed by atoms with Gasteiger partial charge in [0.2, 0.25) is 0 Å². The minimum absolute atomic E-state index is 0.0523. The summed E-state index contributed by atoms with van der Waals surface area (Å²) >= 11 is 0. The zero-order valence-electron chi connectivity index (χ0n) is 17.2. The number of amides is 1. The molecular formula is C22H30N4O3. The number of piperidine rings is 2. The lowest BCUT2D eigenvalue weighted by molar-refractivity contribution is 0.0727. The lowest BCUT2D eigenvalue weighted by atomic mass is 9.84. The largest absolute Gasteiger partial charge is 0.423 e. The molecule has 3 fully saturated rings. The molecule has 0 radical (unpaired) electrons. The number of hydrogen-bond donors (Lipinski definition) is 2. The fourth-order valence-corrected chi connectivity index (χ4v) is 5.26. The highest BCUT2D eigenvalue weighted by atomic mass is 16.5. The second kappa shape index (κ2) is 7.61. The number of rotatable bonds is 3. The van der Waals surface area contributed by atoms with Gasteiger partial charge in [-0.15, -0.1) is 0 Å². The Morgan fingerprint density at radius 1 is 1.17 bits per heavy atom. The molecule has 156 valence electrons. The maximum absolute atomic E-state index is 13.1. The molecule has 29 heavy (non-hydrogen) atoms. The number of nitrogens with one attached hydrogen (secondary N) is 2. The molecule has 3 aliphatic rings. The molecule has 3 aliphatic heterocycles. The van der Waals surface area contributed by atoms with Gasteiger partial charge in [0.25, 0.3) is 11.9 Å². The van der Waals surface area contributed by atoms with Crippen molar-refractivity contribution in [2.75, 3.05) is 18.1 Å². The van der Waals surface area contributed by atoms with E-state index in [2.05, 4.69) is 29.4 Å². The van der Waals surface area contributed by atoms with Crippen molar-refractivity contribution in [3.8, 4) is 0 Å². The Kier molecular flexibility index (Phi) is 4.95. The van der Waals surface area contributed by atoms with Crippen LogP contribution in [0, 0.1) is 0 Å². The van der Waals surface area contributed by atoms with Gasteiger partial charge in [0.15, 0.2) is 5.58 Å². The third kappa shape index (κ3) is 3.62. The minimum Gasteiger partial charge on any atom is -0.423 e. The first-order chi connectivity index (χ1) is 14.1. The van der Waals surface area contributed by atoms with Crippen LogP contribution >= 0.6 is 0 Å². The number of carbonyl (C=O) groups is 1. The maximum Gasteiger partial charge on any atom is 0.299 e. The van der Waals surface area contributed by atoms with Crippen LogP contribution in [-0.2, 0) is 4.74 Å². The second-order valence-electron chi connectivity index (χ2n) is 8.92. The first kappa shape index (κ1) is 18.9. The average molecular weight is 399 g/mol. The van der Waals surface area contributed by atoms with Crippen molar-refractivity contribution in [1.29, 1.82) is 0 Å². The Morgan fingerprint density at radius 2 is 1.90 bits per heavy atom. The number of anilines is 1. The highest BCUT2D eigenvalue weighted by molar-refractivity contribution is 6.04. The van der Waals surface area contributed by atoms with Gasteiger partial charge in [-0.05, 0) is 51.7 Å². The molecule has 4 heterocycles. The molecule has 2 N–H and O–H groups in total. The van der Waals surface area contributed by atoms with E-state index in [1.807, 2.05) is 18.2 Å². The summed E-state index contributed by atoms with van der Waals surface area (Å²) in [5, 5.41) is 6.95. The number of benzene rings is 1. The summed E-state index contributed by atoms with van der Waals surface area (Å²) in [6.45, 7) is 5.50. The molecule has 1 aromatic heterocycles. The van der Waals surface area contributed by atoms with E-state index in [9.17, 15) is 4.79 Å². The van der Waals surface area contributed by atoms with Crippen LogP contribution in [0.1, 0.15) is 56.3 Å². The normalized spacial score (nSPS) is 32.3. The van der Waals surface area contributed by atoms with Crippen LogP contribution in [0.2, 0.25) is 0 Å². The number of morpholine rings is 1. The van der Waals surface area contributed by atoms with Gasteiger partial charge in [-0.2, -0.15) is 4.98 Å². The number of ether oxygens (including phenoxy) is 1. The van der Waals surface area contributed by atoms with Crippen molar-refractivity contribution in [2.45, 2.75) is 76.2 Å². The van der Waals surface area contributed by atoms with Crippen LogP contribution < -0.4 is 15.5 Å².